The van der Waals surface area contributed by atoms with Crippen molar-refractivity contribution >= 4 is 62.4 Å². The summed E-state index contributed by atoms with van der Waals surface area (Å²) in [5.74, 6) is -2.53. The summed E-state index contributed by atoms with van der Waals surface area (Å²) < 4.78 is 50.0. The largest absolute Gasteiger partial charge is 0.497 e. The molecule has 7 aromatic carbocycles. The number of amides is 6. The zero-order valence-electron chi connectivity index (χ0n) is 66.8. The summed E-state index contributed by atoms with van der Waals surface area (Å²) in [6.07, 6.45) is -5.78. The first-order valence-corrected chi connectivity index (χ1v) is 44.2. The molecular weight excluding hydrogens is 1510 g/mol. The van der Waals surface area contributed by atoms with Gasteiger partial charge < -0.3 is 101 Å². The molecule has 0 saturated carbocycles. The minimum Gasteiger partial charge on any atom is -0.444 e. The van der Waals surface area contributed by atoms with Gasteiger partial charge in [0.05, 0.1) is 37.8 Å². The molecule has 3 aliphatic rings. The molecule has 0 bridgehead atoms. The zero-order chi connectivity index (χ0) is 82.5. The smallest absolute Gasteiger partial charge is 0.444 e. The van der Waals surface area contributed by atoms with Crippen LogP contribution in [0.2, 0.25) is 18.1 Å². The van der Waals surface area contributed by atoms with Gasteiger partial charge in [-0.1, -0.05) is 179 Å². The van der Waals surface area contributed by atoms with Gasteiger partial charge >= 0.3 is 44.7 Å². The maximum Gasteiger partial charge on any atom is 0.497 e. The number of hydrogen-bond donors (Lipinski definition) is 9. The van der Waals surface area contributed by atoms with Crippen LogP contribution in [0, 0.1) is 41.5 Å². The van der Waals surface area contributed by atoms with Crippen molar-refractivity contribution in [3.8, 4) is 0 Å². The number of nitrogens with one attached hydrogen (secondary N) is 3. The van der Waals surface area contributed by atoms with Crippen LogP contribution in [0.5, 0.6) is 0 Å². The van der Waals surface area contributed by atoms with E-state index in [1.165, 1.54) is 75.6 Å². The Balaban J connectivity index is 1.15. The van der Waals surface area contributed by atoms with E-state index in [-0.39, 0.29) is 113 Å². The van der Waals surface area contributed by atoms with E-state index in [0.717, 1.165) is 33.4 Å². The van der Waals surface area contributed by atoms with Crippen molar-refractivity contribution in [2.24, 2.45) is 0 Å². The normalized spacial score (nSPS) is 18.2. The number of benzene rings is 7. The van der Waals surface area contributed by atoms with Crippen molar-refractivity contribution in [1.29, 1.82) is 0 Å². The Kier molecular flexibility index (Phi) is 28.9. The Morgan fingerprint density at radius 1 is 0.342 bits per heavy atom. The monoisotopic (exact) mass is 1620 g/mol. The molecule has 0 spiro atoms. The number of hydrogen-bond acceptors (Lipinski definition) is 21. The number of carbonyl (C=O) groups is 6. The second-order valence-electron chi connectivity index (χ2n) is 30.0. The van der Waals surface area contributed by atoms with E-state index < -0.39 is 116 Å². The van der Waals surface area contributed by atoms with Crippen LogP contribution in [-0.4, -0.2) is 225 Å². The lowest BCUT2D eigenvalue weighted by atomic mass is 9.78. The molecule has 6 amide bonds. The summed E-state index contributed by atoms with van der Waals surface area (Å²) >= 11 is 0. The average molecular weight is 1620 g/mol. The van der Waals surface area contributed by atoms with Crippen molar-refractivity contribution in [1.82, 2.24) is 30.7 Å². The number of ether oxygens (including phenoxy) is 3. The number of alkyl carbamates (subject to hydrolysis) is 3. The highest BCUT2D eigenvalue weighted by molar-refractivity contribution is 6.59. The van der Waals surface area contributed by atoms with E-state index in [2.05, 4.69) is 16.0 Å². The van der Waals surface area contributed by atoms with Gasteiger partial charge in [0, 0.05) is 116 Å². The van der Waals surface area contributed by atoms with E-state index in [1.807, 2.05) is 114 Å². The lowest BCUT2D eigenvalue weighted by molar-refractivity contribution is -0.00188. The molecule has 0 aromatic heterocycles. The van der Waals surface area contributed by atoms with Crippen molar-refractivity contribution in [2.75, 3.05) is 81.9 Å². The van der Waals surface area contributed by atoms with Gasteiger partial charge in [-0.3, -0.25) is 14.4 Å². The average Bonchev–Trinajstić information content (AvgIpc) is 1.55. The van der Waals surface area contributed by atoms with E-state index in [9.17, 15) is 44.1 Å². The van der Waals surface area contributed by atoms with E-state index in [1.54, 1.807) is 72.8 Å². The number of aliphatic hydroxyl groups is 3. The summed E-state index contributed by atoms with van der Waals surface area (Å²) in [4.78, 5) is 129. The summed E-state index contributed by atoms with van der Waals surface area (Å²) in [7, 11) is -2.57. The summed E-state index contributed by atoms with van der Waals surface area (Å²) in [5.41, 5.74) is 0.344. The number of likely N-dealkylation sites (tertiary alicyclic amines) is 3. The van der Waals surface area contributed by atoms with Crippen molar-refractivity contribution < 1.29 is 99.2 Å². The fourth-order valence-corrected chi connectivity index (χ4v) is 19.0. The van der Waals surface area contributed by atoms with Crippen LogP contribution < -0.4 is 16.0 Å². The molecule has 30 heteroatoms. The molecule has 0 radical (unpaired) electrons. The van der Waals surface area contributed by atoms with Gasteiger partial charge in [-0.2, -0.15) is 0 Å². The number of rotatable bonds is 33. The Hall–Kier alpha value is -9.07. The van der Waals surface area contributed by atoms with E-state index in [0.29, 0.717) is 33.4 Å². The molecule has 27 nitrogen and oxygen atoms in total. The third kappa shape index (κ3) is 20.1. The summed E-state index contributed by atoms with van der Waals surface area (Å²) in [6, 6.07) is 43.3. The second-order valence-corrected chi connectivity index (χ2v) is 38.2. The highest BCUT2D eigenvalue weighted by Gasteiger charge is 2.56. The van der Waals surface area contributed by atoms with Gasteiger partial charge in [0.2, 0.25) is 0 Å². The van der Waals surface area contributed by atoms with Crippen LogP contribution in [0.3, 0.4) is 0 Å². The van der Waals surface area contributed by atoms with Crippen LogP contribution in [0.4, 0.5) is 14.4 Å². The first-order valence-electron chi connectivity index (χ1n) is 38.3. The minimum atomic E-state index is -3.53. The molecule has 3 fully saturated rings. The molecule has 10 rings (SSSR count). The fraction of sp³-hybridized carbons (Fsp3) is 0.429. The van der Waals surface area contributed by atoms with Gasteiger partial charge in [-0.15, -0.1) is 0 Å². The Morgan fingerprint density at radius 2 is 0.526 bits per heavy atom. The molecule has 114 heavy (non-hydrogen) atoms. The molecule has 0 aliphatic carbocycles. The molecular formula is C84H108N6O21Si3. The SMILES string of the molecule is CO[Si](O)(CCCNC(=O)O[C@@H]1C[C@@H](C(O)(c2ccc(C)cc2)c2ccc(C)cc2)N(C(=O)c2cc(C(=O)N3C[C@H](OC(=O)NCCC[Si](O)(OC)OC)C[C@H]3C(O)(c3ccc(C)cc3)c3ccc(C)cc3)cc(C(=O)N3C[C@H](OC(=O)NCCC[Si](O)(OC)OC)C[C@H]3C(O)(c3ccc(C)cc3)c3ccc(C)cc3)c2)C1)OC. The maximum absolute atomic E-state index is 16.8. The highest BCUT2D eigenvalue weighted by atomic mass is 28.4. The Morgan fingerprint density at radius 3 is 0.702 bits per heavy atom. The number of aryl methyl sites for hydroxylation is 6. The predicted molar refractivity (Wildman–Crippen MR) is 430 cm³/mol. The van der Waals surface area contributed by atoms with Crippen molar-refractivity contribution in [3.05, 3.63) is 247 Å². The van der Waals surface area contributed by atoms with Crippen LogP contribution in [0.25, 0.3) is 0 Å². The van der Waals surface area contributed by atoms with Crippen molar-refractivity contribution in [3.63, 3.8) is 0 Å². The first kappa shape index (κ1) is 87.3. The van der Waals surface area contributed by atoms with E-state index >= 15 is 14.4 Å². The standard InChI is InChI=1S/C84H108N6O21Si3/c1-55-16-28-64(29-17-55)82(97,65-30-18-56(2)19-31-65)73-49-70(109-79(94)85-40-13-43-112(100,103-7)104-8)52-88(73)76(91)61-46-62(77(92)89-53-71(110-80(95)86-41-14-44-113(101,105-9)106-10)50-74(89)83(98,66-32-20-57(3)21-33-66)67-34-22-58(4)23-35-67)48-63(47-61)78(93)90-54-72(111-81(96)87-42-15-45-114(102,107-11)108-12)51-75(90)84(99,68-36-24-59(5)25-37-68)69-38-26-60(6)27-39-69/h16-39,46-48,70-75,97-102H,13-15,40-45,49-54H2,1-12H3,(H,85,94)(H,86,95)(H,87,96)/t70-,71-,72-,73+,74+,75+/m1/s1. The van der Waals surface area contributed by atoms with E-state index in [4.69, 9.17) is 40.8 Å². The topological polar surface area (TPSA) is 353 Å². The third-order valence-electron chi connectivity index (χ3n) is 22.2. The third-order valence-corrected chi connectivity index (χ3v) is 29.0. The van der Waals surface area contributed by atoms with Gasteiger partial charge in [-0.25, -0.2) is 14.4 Å². The van der Waals surface area contributed by atoms with Gasteiger partial charge in [0.15, 0.2) is 0 Å². The first-order chi connectivity index (χ1) is 54.3. The molecule has 9 N–H and O–H groups in total. The molecule has 612 valence electrons. The lowest BCUT2D eigenvalue weighted by Gasteiger charge is -2.41. The molecule has 6 atom stereocenters. The van der Waals surface area contributed by atoms with Gasteiger partial charge in [0.25, 0.3) is 17.7 Å². The fourth-order valence-electron chi connectivity index (χ4n) is 15.5. The zero-order valence-corrected chi connectivity index (χ0v) is 69.8. The molecule has 0 unspecified atom stereocenters. The predicted octanol–water partition coefficient (Wildman–Crippen LogP) is 9.12. The molecule has 3 aliphatic heterocycles. The van der Waals surface area contributed by atoms with Crippen molar-refractivity contribution in [2.45, 2.75) is 151 Å². The molecule has 7 aromatic rings. The summed E-state index contributed by atoms with van der Waals surface area (Å²) in [6.45, 7) is 10.4. The molecule has 3 saturated heterocycles. The maximum atomic E-state index is 16.8. The Labute approximate surface area is 669 Å². The highest BCUT2D eigenvalue weighted by Crippen LogP contribution is 2.47. The molecule has 3 heterocycles. The summed E-state index contributed by atoms with van der Waals surface area (Å²) in [5, 5.41) is 50.2. The van der Waals surface area contributed by atoms with Crippen LogP contribution >= 0.6 is 0 Å². The number of nitrogens with zero attached hydrogens (tertiary/aromatic N) is 3. The minimum absolute atomic E-state index is 0.0280. The quantitative estimate of drug-likeness (QED) is 0.0105. The number of carbonyl (C=O) groups excluding carboxylic acids is 6. The van der Waals surface area contributed by atoms with Crippen LogP contribution in [0.15, 0.2) is 164 Å². The van der Waals surface area contributed by atoms with Crippen LogP contribution in [-0.2, 0) is 57.6 Å². The Bertz CT molecular complexity index is 3850. The second kappa shape index (κ2) is 37.7. The van der Waals surface area contributed by atoms with Crippen LogP contribution in [0.1, 0.15) is 136 Å². The van der Waals surface area contributed by atoms with Gasteiger partial charge in [0.1, 0.15) is 35.1 Å². The van der Waals surface area contributed by atoms with Gasteiger partial charge in [-0.05, 0) is 112 Å². The lowest BCUT2D eigenvalue weighted by Crippen LogP contribution is -2.51.